The van der Waals surface area contributed by atoms with Gasteiger partial charge in [0.2, 0.25) is 13.5 Å². The summed E-state index contributed by atoms with van der Waals surface area (Å²) in [6.45, 7) is 1.26. The second-order valence-corrected chi connectivity index (χ2v) is 14.0. The highest BCUT2D eigenvalue weighted by molar-refractivity contribution is 8.78. The highest BCUT2D eigenvalue weighted by Gasteiger charge is 2.57. The number of carbonyl (C=O) groups is 4. The molecule has 0 aromatic carbocycles. The standard InChI is InChI=1S/C16H15Cl6NO8S2/c1-6(31-14(27)30-5-16(20,21)22)9-11(25)23-10(13(26)29-4-15(17,18)19)8(3-28-7(2)24)32-33-12(9)23/h6,9,12H,3-5H2,1-2H3/t6-,9+,12-/m1/s1. The summed E-state index contributed by atoms with van der Waals surface area (Å²) in [4.78, 5) is 50.1. The molecule has 0 aromatic heterocycles. The maximum absolute atomic E-state index is 12.9. The molecule has 0 spiro atoms. The fourth-order valence-electron chi connectivity index (χ4n) is 2.63. The summed E-state index contributed by atoms with van der Waals surface area (Å²) in [7, 11) is 2.29. The van der Waals surface area contributed by atoms with Gasteiger partial charge in [-0.25, -0.2) is 9.59 Å². The van der Waals surface area contributed by atoms with Crippen LogP contribution in [0.1, 0.15) is 13.8 Å². The van der Waals surface area contributed by atoms with Gasteiger partial charge in [0.25, 0.3) is 0 Å². The summed E-state index contributed by atoms with van der Waals surface area (Å²) in [5.74, 6) is -2.92. The predicted molar refractivity (Wildman–Crippen MR) is 126 cm³/mol. The Morgan fingerprint density at radius 1 is 1.03 bits per heavy atom. The lowest BCUT2D eigenvalue weighted by molar-refractivity contribution is -0.159. The number of hydrogen-bond acceptors (Lipinski definition) is 10. The Labute approximate surface area is 226 Å². The third-order valence-corrected chi connectivity index (χ3v) is 7.39. The molecular weight excluding hydrogens is 611 g/mol. The Hall–Kier alpha value is -0.140. The van der Waals surface area contributed by atoms with Crippen molar-refractivity contribution in [2.24, 2.45) is 5.92 Å². The number of esters is 2. The lowest BCUT2D eigenvalue weighted by atomic mass is 9.91. The van der Waals surface area contributed by atoms with Gasteiger partial charge in [-0.2, -0.15) is 0 Å². The van der Waals surface area contributed by atoms with Crippen molar-refractivity contribution in [3.05, 3.63) is 10.6 Å². The molecule has 186 valence electrons. The number of alkyl halides is 6. The second-order valence-electron chi connectivity index (χ2n) is 6.52. The minimum atomic E-state index is -1.88. The van der Waals surface area contributed by atoms with Crippen LogP contribution in [0.5, 0.6) is 0 Å². The number of nitrogens with zero attached hydrogens (tertiary/aromatic N) is 1. The fourth-order valence-corrected chi connectivity index (χ4v) is 5.93. The molecule has 0 N–H and O–H groups in total. The summed E-state index contributed by atoms with van der Waals surface area (Å²) in [6.07, 6.45) is -2.08. The molecule has 3 atom stereocenters. The first-order chi connectivity index (χ1) is 15.1. The minimum absolute atomic E-state index is 0.161. The van der Waals surface area contributed by atoms with Crippen molar-refractivity contribution in [2.75, 3.05) is 19.8 Å². The summed E-state index contributed by atoms with van der Waals surface area (Å²) in [5, 5.41) is -0.616. The predicted octanol–water partition coefficient (Wildman–Crippen LogP) is 4.77. The molecule has 0 bridgehead atoms. The quantitative estimate of drug-likeness (QED) is 0.129. The van der Waals surface area contributed by atoms with E-state index in [1.807, 2.05) is 0 Å². The lowest BCUT2D eigenvalue weighted by Gasteiger charge is -2.50. The van der Waals surface area contributed by atoms with Crippen molar-refractivity contribution in [3.63, 3.8) is 0 Å². The molecule has 1 amide bonds. The molecular formula is C16H15Cl6NO8S2. The molecule has 2 aliphatic heterocycles. The number of carbonyl (C=O) groups excluding carboxylic acids is 4. The highest BCUT2D eigenvalue weighted by atomic mass is 35.6. The van der Waals surface area contributed by atoms with Crippen molar-refractivity contribution in [1.82, 2.24) is 4.90 Å². The first-order valence-electron chi connectivity index (χ1n) is 8.77. The van der Waals surface area contributed by atoms with E-state index in [0.29, 0.717) is 0 Å². The van der Waals surface area contributed by atoms with E-state index in [2.05, 4.69) is 0 Å². The third-order valence-electron chi connectivity index (χ3n) is 3.94. The summed E-state index contributed by atoms with van der Waals surface area (Å²) in [6, 6.07) is 0. The monoisotopic (exact) mass is 623 g/mol. The number of rotatable bonds is 7. The largest absolute Gasteiger partial charge is 0.508 e. The first kappa shape index (κ1) is 29.1. The molecule has 0 aliphatic carbocycles. The zero-order chi connectivity index (χ0) is 25.1. The molecule has 2 rings (SSSR count). The van der Waals surface area contributed by atoms with Gasteiger partial charge in [-0.1, -0.05) is 91.2 Å². The van der Waals surface area contributed by atoms with Gasteiger partial charge >= 0.3 is 18.1 Å². The van der Waals surface area contributed by atoms with Crippen molar-refractivity contribution in [3.8, 4) is 0 Å². The van der Waals surface area contributed by atoms with Crippen LogP contribution >= 0.6 is 91.2 Å². The number of hydrogen-bond donors (Lipinski definition) is 0. The van der Waals surface area contributed by atoms with Crippen LogP contribution in [0.2, 0.25) is 0 Å². The van der Waals surface area contributed by atoms with Crippen LogP contribution < -0.4 is 0 Å². The van der Waals surface area contributed by atoms with Crippen LogP contribution in [0, 0.1) is 5.92 Å². The van der Waals surface area contributed by atoms with Crippen molar-refractivity contribution in [1.29, 1.82) is 0 Å². The summed E-state index contributed by atoms with van der Waals surface area (Å²) >= 11 is 33.4. The molecule has 1 saturated heterocycles. The van der Waals surface area contributed by atoms with E-state index >= 15 is 0 Å². The maximum atomic E-state index is 12.9. The summed E-state index contributed by atoms with van der Waals surface area (Å²) < 4.78 is 16.1. The average Bonchev–Trinajstić information content (AvgIpc) is 2.67. The van der Waals surface area contributed by atoms with E-state index in [-0.39, 0.29) is 17.2 Å². The molecule has 33 heavy (non-hydrogen) atoms. The highest BCUT2D eigenvalue weighted by Crippen LogP contribution is 2.53. The van der Waals surface area contributed by atoms with E-state index < -0.39 is 62.2 Å². The molecule has 0 saturated carbocycles. The Morgan fingerprint density at radius 2 is 1.61 bits per heavy atom. The number of halogens is 6. The number of β-lactam (4-membered cyclic amide) rings is 1. The molecule has 2 heterocycles. The summed E-state index contributed by atoms with van der Waals surface area (Å²) in [5.41, 5.74) is -0.161. The third kappa shape index (κ3) is 8.49. The van der Waals surface area contributed by atoms with Gasteiger partial charge in [0.1, 0.15) is 42.9 Å². The lowest BCUT2D eigenvalue weighted by Crippen LogP contribution is -2.64. The van der Waals surface area contributed by atoms with Gasteiger partial charge in [-0.3, -0.25) is 14.5 Å². The van der Waals surface area contributed by atoms with Gasteiger partial charge in [-0.05, 0) is 6.92 Å². The molecule has 0 radical (unpaired) electrons. The molecule has 2 aliphatic rings. The average molecular weight is 626 g/mol. The van der Waals surface area contributed by atoms with Crippen molar-refractivity contribution < 1.29 is 38.1 Å². The van der Waals surface area contributed by atoms with Gasteiger partial charge in [0, 0.05) is 6.92 Å². The van der Waals surface area contributed by atoms with Crippen LogP contribution in [0.15, 0.2) is 10.6 Å². The van der Waals surface area contributed by atoms with E-state index in [1.54, 1.807) is 0 Å². The Morgan fingerprint density at radius 3 is 2.15 bits per heavy atom. The van der Waals surface area contributed by atoms with Crippen LogP contribution in [-0.4, -0.2) is 67.8 Å². The van der Waals surface area contributed by atoms with E-state index in [1.165, 1.54) is 24.6 Å². The number of ether oxygens (including phenoxy) is 4. The SMILES string of the molecule is CC(=O)OCC1=C(C(=O)OCC(Cl)(Cl)Cl)N2C(=O)[C@H]([C@@H](C)OC(=O)OCC(Cl)(Cl)Cl)[C@H]2SS1. The maximum Gasteiger partial charge on any atom is 0.508 e. The Kier molecular flexibility index (Phi) is 10.3. The minimum Gasteiger partial charge on any atom is -0.460 e. The number of amides is 1. The van der Waals surface area contributed by atoms with Crippen LogP contribution in [0.4, 0.5) is 4.79 Å². The zero-order valence-electron chi connectivity index (χ0n) is 16.7. The van der Waals surface area contributed by atoms with E-state index in [0.717, 1.165) is 15.7 Å². The molecule has 17 heteroatoms. The molecule has 9 nitrogen and oxygen atoms in total. The Bertz CT molecular complexity index is 846. The van der Waals surface area contributed by atoms with Gasteiger partial charge in [0.15, 0.2) is 0 Å². The van der Waals surface area contributed by atoms with Crippen molar-refractivity contribution >= 4 is 115 Å². The van der Waals surface area contributed by atoms with Crippen molar-refractivity contribution in [2.45, 2.75) is 32.9 Å². The molecule has 1 fully saturated rings. The van der Waals surface area contributed by atoms with Crippen LogP contribution in [-0.2, 0) is 33.3 Å². The van der Waals surface area contributed by atoms with Crippen LogP contribution in [0.3, 0.4) is 0 Å². The molecule has 0 aromatic rings. The molecule has 0 unspecified atom stereocenters. The van der Waals surface area contributed by atoms with Gasteiger partial charge in [0.05, 0.1) is 4.91 Å². The zero-order valence-corrected chi connectivity index (χ0v) is 22.8. The van der Waals surface area contributed by atoms with E-state index in [4.69, 9.17) is 88.6 Å². The normalized spacial score (nSPS) is 21.6. The fraction of sp³-hybridized carbons (Fsp3) is 0.625. The second kappa shape index (κ2) is 11.7. The number of fused-ring (bicyclic) bond motifs is 1. The van der Waals surface area contributed by atoms with Crippen LogP contribution in [0.25, 0.3) is 0 Å². The Balaban J connectivity index is 2.15. The smallest absolute Gasteiger partial charge is 0.460 e. The first-order valence-corrected chi connectivity index (χ1v) is 13.3. The topological polar surface area (TPSA) is 108 Å². The van der Waals surface area contributed by atoms with Gasteiger partial charge in [-0.15, -0.1) is 0 Å². The van der Waals surface area contributed by atoms with E-state index in [9.17, 15) is 19.2 Å². The van der Waals surface area contributed by atoms with Gasteiger partial charge < -0.3 is 18.9 Å².